The van der Waals surface area contributed by atoms with Gasteiger partial charge in [-0.3, -0.25) is 13.9 Å². The van der Waals surface area contributed by atoms with Crippen molar-refractivity contribution in [3.8, 4) is 0 Å². The van der Waals surface area contributed by atoms with Crippen LogP contribution >= 0.6 is 23.2 Å². The van der Waals surface area contributed by atoms with Crippen LogP contribution < -0.4 is 9.62 Å². The molecule has 3 aromatic carbocycles. The normalized spacial score (nSPS) is 12.2. The Morgan fingerprint density at radius 3 is 2.08 bits per heavy atom. The fourth-order valence-electron chi connectivity index (χ4n) is 3.97. The van der Waals surface area contributed by atoms with Crippen LogP contribution in [0.25, 0.3) is 0 Å². The monoisotopic (exact) mass is 575 g/mol. The van der Waals surface area contributed by atoms with E-state index in [4.69, 9.17) is 23.2 Å². The smallest absolute Gasteiger partial charge is 0.244 e. The van der Waals surface area contributed by atoms with Crippen LogP contribution in [0.1, 0.15) is 25.0 Å². The molecule has 1 atom stereocenters. The van der Waals surface area contributed by atoms with Crippen LogP contribution in [0.15, 0.2) is 78.9 Å². The lowest BCUT2D eigenvalue weighted by Gasteiger charge is -2.34. The summed E-state index contributed by atoms with van der Waals surface area (Å²) in [5.41, 5.74) is 1.77. The molecule has 3 rings (SSSR count). The Bertz CT molecular complexity index is 1350. The highest BCUT2D eigenvalue weighted by atomic mass is 35.5. The first kappa shape index (κ1) is 29.5. The molecular formula is C28H31Cl2N3O4S. The molecule has 0 saturated heterocycles. The zero-order chi connectivity index (χ0) is 27.9. The van der Waals surface area contributed by atoms with Crippen molar-refractivity contribution >= 4 is 50.7 Å². The van der Waals surface area contributed by atoms with Crippen LogP contribution in [0.4, 0.5) is 5.69 Å². The fourth-order valence-corrected chi connectivity index (χ4v) is 5.14. The van der Waals surface area contributed by atoms with Gasteiger partial charge in [-0.05, 0) is 55.3 Å². The van der Waals surface area contributed by atoms with Gasteiger partial charge in [0, 0.05) is 29.1 Å². The van der Waals surface area contributed by atoms with Gasteiger partial charge in [-0.2, -0.15) is 0 Å². The van der Waals surface area contributed by atoms with Crippen molar-refractivity contribution in [2.75, 3.05) is 17.1 Å². The van der Waals surface area contributed by atoms with E-state index in [1.54, 1.807) is 36.4 Å². The number of amides is 2. The molecule has 0 heterocycles. The Hall–Kier alpha value is -3.07. The van der Waals surface area contributed by atoms with E-state index >= 15 is 0 Å². The molecular weight excluding hydrogens is 545 g/mol. The molecule has 0 fully saturated rings. The number of anilines is 1. The highest BCUT2D eigenvalue weighted by molar-refractivity contribution is 7.92. The van der Waals surface area contributed by atoms with Crippen molar-refractivity contribution in [3.05, 3.63) is 100 Å². The summed E-state index contributed by atoms with van der Waals surface area (Å²) in [5.74, 6) is -0.896. The molecule has 0 saturated carbocycles. The second-order valence-electron chi connectivity index (χ2n) is 9.23. The van der Waals surface area contributed by atoms with Gasteiger partial charge >= 0.3 is 0 Å². The number of halogens is 2. The number of carbonyl (C=O) groups is 2. The van der Waals surface area contributed by atoms with E-state index in [1.165, 1.54) is 17.0 Å². The van der Waals surface area contributed by atoms with E-state index in [0.29, 0.717) is 15.6 Å². The summed E-state index contributed by atoms with van der Waals surface area (Å²) < 4.78 is 26.5. The molecule has 10 heteroatoms. The third kappa shape index (κ3) is 8.21. The first-order valence-electron chi connectivity index (χ1n) is 12.1. The lowest BCUT2D eigenvalue weighted by molar-refractivity contribution is -0.140. The summed E-state index contributed by atoms with van der Waals surface area (Å²) in [7, 11) is -3.85. The van der Waals surface area contributed by atoms with E-state index in [2.05, 4.69) is 5.32 Å². The average Bonchev–Trinajstić information content (AvgIpc) is 2.85. The van der Waals surface area contributed by atoms with Gasteiger partial charge in [0.05, 0.1) is 11.9 Å². The third-order valence-corrected chi connectivity index (χ3v) is 7.56. The van der Waals surface area contributed by atoms with Crippen LogP contribution in [0.3, 0.4) is 0 Å². The van der Waals surface area contributed by atoms with Gasteiger partial charge in [0.1, 0.15) is 12.6 Å². The van der Waals surface area contributed by atoms with Crippen molar-refractivity contribution in [3.63, 3.8) is 0 Å². The quantitative estimate of drug-likeness (QED) is 0.351. The molecule has 0 aliphatic carbocycles. The minimum absolute atomic E-state index is 0.0136. The number of carbonyl (C=O) groups excluding carboxylic acids is 2. The van der Waals surface area contributed by atoms with Crippen molar-refractivity contribution in [1.82, 2.24) is 10.2 Å². The van der Waals surface area contributed by atoms with Gasteiger partial charge in [-0.1, -0.05) is 71.7 Å². The Morgan fingerprint density at radius 2 is 1.50 bits per heavy atom. The van der Waals surface area contributed by atoms with Crippen molar-refractivity contribution in [2.45, 2.75) is 38.9 Å². The van der Waals surface area contributed by atoms with E-state index < -0.39 is 28.5 Å². The van der Waals surface area contributed by atoms with Gasteiger partial charge in [-0.15, -0.1) is 0 Å². The number of rotatable bonds is 11. The van der Waals surface area contributed by atoms with Gasteiger partial charge in [0.15, 0.2) is 0 Å². The number of nitrogens with zero attached hydrogens (tertiary/aromatic N) is 2. The summed E-state index contributed by atoms with van der Waals surface area (Å²) in [6.45, 7) is 3.18. The Morgan fingerprint density at radius 1 is 0.895 bits per heavy atom. The third-order valence-electron chi connectivity index (χ3n) is 5.79. The number of sulfonamides is 1. The maximum atomic E-state index is 13.9. The van der Waals surface area contributed by atoms with Crippen LogP contribution in [-0.4, -0.2) is 50.0 Å². The van der Waals surface area contributed by atoms with Gasteiger partial charge in [0.25, 0.3) is 0 Å². The second kappa shape index (κ2) is 13.1. The summed E-state index contributed by atoms with van der Waals surface area (Å²) in [6, 6.07) is 21.5. The van der Waals surface area contributed by atoms with Crippen molar-refractivity contribution in [1.29, 1.82) is 0 Å². The maximum absolute atomic E-state index is 13.9. The molecule has 2 amide bonds. The summed E-state index contributed by atoms with van der Waals surface area (Å²) >= 11 is 12.4. The molecule has 0 aliphatic rings. The number of hydrogen-bond donors (Lipinski definition) is 1. The molecule has 38 heavy (non-hydrogen) atoms. The minimum atomic E-state index is -3.85. The number of benzene rings is 3. The first-order valence-corrected chi connectivity index (χ1v) is 14.7. The topological polar surface area (TPSA) is 86.8 Å². The Kier molecular flexibility index (Phi) is 10.2. The van der Waals surface area contributed by atoms with Gasteiger partial charge in [-0.25, -0.2) is 8.42 Å². The summed E-state index contributed by atoms with van der Waals surface area (Å²) in [6.07, 6.45) is 1.26. The van der Waals surface area contributed by atoms with E-state index in [0.717, 1.165) is 16.1 Å². The highest BCUT2D eigenvalue weighted by Gasteiger charge is 2.33. The second-order valence-corrected chi connectivity index (χ2v) is 12.0. The molecule has 0 radical (unpaired) electrons. The number of nitrogens with one attached hydrogen (secondary N) is 1. The minimum Gasteiger partial charge on any atom is -0.352 e. The van der Waals surface area contributed by atoms with Crippen LogP contribution in [0.2, 0.25) is 10.0 Å². The lowest BCUT2D eigenvalue weighted by atomic mass is 10.0. The predicted molar refractivity (Wildman–Crippen MR) is 153 cm³/mol. The van der Waals surface area contributed by atoms with Gasteiger partial charge < -0.3 is 10.2 Å². The fraction of sp³-hybridized carbons (Fsp3) is 0.286. The lowest BCUT2D eigenvalue weighted by Crippen LogP contribution is -2.54. The largest absolute Gasteiger partial charge is 0.352 e. The molecule has 0 bridgehead atoms. The molecule has 1 unspecified atom stereocenters. The SMILES string of the molecule is CC(C)NC(=O)C(Cc1ccccc1)N(Cc1ccccc1Cl)C(=O)CN(c1ccc(Cl)cc1)S(C)(=O)=O. The number of hydrogen-bond acceptors (Lipinski definition) is 4. The van der Waals surface area contributed by atoms with Crippen molar-refractivity contribution < 1.29 is 18.0 Å². The van der Waals surface area contributed by atoms with E-state index in [1.807, 2.05) is 44.2 Å². The molecule has 7 nitrogen and oxygen atoms in total. The summed E-state index contributed by atoms with van der Waals surface area (Å²) in [4.78, 5) is 28.8. The van der Waals surface area contributed by atoms with Crippen LogP contribution in [0.5, 0.6) is 0 Å². The molecule has 1 N–H and O–H groups in total. The standard InChI is InChI=1S/C28H31Cl2N3O4S/c1-20(2)31-28(35)26(17-21-9-5-4-6-10-21)32(18-22-11-7-8-12-25(22)30)27(34)19-33(38(3,36)37)24-15-13-23(29)14-16-24/h4-16,20,26H,17-19H2,1-3H3,(H,31,35). The van der Waals surface area contributed by atoms with Crippen molar-refractivity contribution in [2.24, 2.45) is 0 Å². The maximum Gasteiger partial charge on any atom is 0.244 e. The predicted octanol–water partition coefficient (Wildman–Crippen LogP) is 4.92. The average molecular weight is 577 g/mol. The Labute approximate surface area is 234 Å². The van der Waals surface area contributed by atoms with E-state index in [-0.39, 0.29) is 30.6 Å². The molecule has 0 aromatic heterocycles. The van der Waals surface area contributed by atoms with Gasteiger partial charge in [0.2, 0.25) is 21.8 Å². The zero-order valence-electron chi connectivity index (χ0n) is 21.5. The molecule has 0 spiro atoms. The highest BCUT2D eigenvalue weighted by Crippen LogP contribution is 2.24. The Balaban J connectivity index is 2.06. The molecule has 202 valence electrons. The first-order chi connectivity index (χ1) is 18.0. The van der Waals surface area contributed by atoms with Crippen LogP contribution in [-0.2, 0) is 32.6 Å². The summed E-state index contributed by atoms with van der Waals surface area (Å²) in [5, 5.41) is 3.78. The zero-order valence-corrected chi connectivity index (χ0v) is 23.8. The van der Waals surface area contributed by atoms with E-state index in [9.17, 15) is 18.0 Å². The van der Waals surface area contributed by atoms with Crippen LogP contribution in [0, 0.1) is 0 Å². The molecule has 3 aromatic rings. The molecule has 0 aliphatic heterocycles.